The normalized spacial score (nSPS) is 14.7. The third kappa shape index (κ3) is 29.0. The summed E-state index contributed by atoms with van der Waals surface area (Å²) < 4.78 is 0. The van der Waals surface area contributed by atoms with Crippen molar-refractivity contribution in [2.45, 2.75) is 153 Å². The Morgan fingerprint density at radius 3 is 1.49 bits per heavy atom. The van der Waals surface area contributed by atoms with Crippen molar-refractivity contribution in [2.75, 3.05) is 38.2 Å². The number of carboxylic acid groups (broad SMARTS) is 1. The van der Waals surface area contributed by atoms with Gasteiger partial charge in [0, 0.05) is 25.4 Å². The summed E-state index contributed by atoms with van der Waals surface area (Å²) in [4.78, 5) is 135. The van der Waals surface area contributed by atoms with E-state index in [0.29, 0.717) is 31.4 Å². The number of rotatable bonds is 40. The molecule has 0 bridgehead atoms. The molecule has 81 heavy (non-hydrogen) atoms. The molecule has 0 aliphatic carbocycles. The first-order chi connectivity index (χ1) is 38.1. The molecule has 1 aromatic carbocycles. The fourth-order valence-corrected chi connectivity index (χ4v) is 8.27. The summed E-state index contributed by atoms with van der Waals surface area (Å²) in [6.07, 6.45) is 0.0117. The zero-order chi connectivity index (χ0) is 61.4. The minimum absolute atomic E-state index is 0.0562. The second kappa shape index (κ2) is 38.2. The van der Waals surface area contributed by atoms with E-state index >= 15 is 0 Å². The van der Waals surface area contributed by atoms with Crippen molar-refractivity contribution in [3.05, 3.63) is 29.8 Å². The van der Waals surface area contributed by atoms with Crippen LogP contribution in [-0.2, 0) is 54.4 Å². The van der Waals surface area contributed by atoms with Crippen molar-refractivity contribution >= 4 is 82.8 Å². The Kier molecular flexibility index (Phi) is 33.7. The van der Waals surface area contributed by atoms with E-state index in [1.807, 2.05) is 0 Å². The first-order valence-electron chi connectivity index (χ1n) is 26.5. The number of nitrogens with one attached hydrogen (secondary N) is 12. The van der Waals surface area contributed by atoms with E-state index in [-0.39, 0.29) is 87.4 Å². The van der Waals surface area contributed by atoms with E-state index in [9.17, 15) is 68.4 Å². The lowest BCUT2D eigenvalue weighted by Crippen LogP contribution is -2.62. The van der Waals surface area contributed by atoms with Gasteiger partial charge < -0.3 is 96.5 Å². The highest BCUT2D eigenvalue weighted by atomic mass is 32.2. The SMILES string of the molecule is CSCC[C@H](NC(=O)[C@H](CO)NC(=O)[C@@H](C)CCCNC(=N)N)C(=O)N[C@H](C(=O)N[C@@H](CC(=O)O)C(=O)N[C@@H](CCCCN)C(=O)N[C@@H](Cc1ccc(O)cc1)C(=O)N[C@@H](CCCNC(=N)N)C(=O)N[C@@H](CC(C)C)C(N)=O)[C@@H](C)O. The number of amides is 9. The molecule has 0 aliphatic rings. The highest BCUT2D eigenvalue weighted by molar-refractivity contribution is 7.98. The number of aliphatic hydroxyl groups is 2. The van der Waals surface area contributed by atoms with Crippen LogP contribution in [0.5, 0.6) is 5.75 Å². The minimum Gasteiger partial charge on any atom is -0.508 e. The number of benzene rings is 1. The van der Waals surface area contributed by atoms with Gasteiger partial charge in [0.1, 0.15) is 54.1 Å². The van der Waals surface area contributed by atoms with Crippen LogP contribution in [0.3, 0.4) is 0 Å². The summed E-state index contributed by atoms with van der Waals surface area (Å²) >= 11 is 1.29. The Morgan fingerprint density at radius 2 is 1.01 bits per heavy atom. The first-order valence-corrected chi connectivity index (χ1v) is 27.9. The number of phenols is 1. The van der Waals surface area contributed by atoms with E-state index in [0.717, 1.165) is 6.92 Å². The van der Waals surface area contributed by atoms with Gasteiger partial charge in [-0.1, -0.05) is 32.9 Å². The van der Waals surface area contributed by atoms with Crippen LogP contribution in [0.15, 0.2) is 24.3 Å². The lowest BCUT2D eigenvalue weighted by Gasteiger charge is -2.28. The monoisotopic (exact) mass is 1170 g/mol. The van der Waals surface area contributed by atoms with Crippen LogP contribution in [0.4, 0.5) is 0 Å². The van der Waals surface area contributed by atoms with Crippen molar-refractivity contribution < 1.29 is 68.4 Å². The molecule has 0 saturated heterocycles. The molecule has 9 amide bonds. The molecule has 24 N–H and O–H groups in total. The number of aliphatic hydroxyl groups excluding tert-OH is 2. The topological polar surface area (TPSA) is 524 Å². The second-order valence-corrected chi connectivity index (χ2v) is 20.8. The van der Waals surface area contributed by atoms with Gasteiger partial charge in [0.25, 0.3) is 0 Å². The van der Waals surface area contributed by atoms with Crippen LogP contribution in [0.1, 0.15) is 97.5 Å². The molecule has 31 heteroatoms. The number of hydrogen-bond acceptors (Lipinski definition) is 17. The highest BCUT2D eigenvalue weighted by Gasteiger charge is 2.37. The summed E-state index contributed by atoms with van der Waals surface area (Å²) in [5.74, 6) is -11.4. The van der Waals surface area contributed by atoms with Crippen molar-refractivity contribution in [2.24, 2.45) is 34.8 Å². The zero-order valence-corrected chi connectivity index (χ0v) is 47.4. The largest absolute Gasteiger partial charge is 0.508 e. The Hall–Kier alpha value is -7.51. The quantitative estimate of drug-likeness (QED) is 0.0167. The van der Waals surface area contributed by atoms with Crippen molar-refractivity contribution in [3.63, 3.8) is 0 Å². The summed E-state index contributed by atoms with van der Waals surface area (Å²) in [7, 11) is 0. The highest BCUT2D eigenvalue weighted by Crippen LogP contribution is 2.14. The molecule has 0 aromatic heterocycles. The number of nitrogens with two attached hydrogens (primary N) is 4. The maximum Gasteiger partial charge on any atom is 0.305 e. The number of guanidine groups is 2. The molecule has 0 aliphatic heterocycles. The number of phenolic OH excluding ortho intramolecular Hbond substituents is 1. The molecule has 0 spiro atoms. The van der Waals surface area contributed by atoms with Gasteiger partial charge in [0.05, 0.1) is 19.1 Å². The van der Waals surface area contributed by atoms with Gasteiger partial charge in [-0.05, 0) is 107 Å². The second-order valence-electron chi connectivity index (χ2n) is 19.8. The molecular formula is C50H86N16O14S. The predicted octanol–water partition coefficient (Wildman–Crippen LogP) is -4.76. The number of carbonyl (C=O) groups is 10. The average molecular weight is 1170 g/mol. The van der Waals surface area contributed by atoms with E-state index in [4.69, 9.17) is 33.8 Å². The van der Waals surface area contributed by atoms with Crippen LogP contribution >= 0.6 is 11.8 Å². The summed E-state index contributed by atoms with van der Waals surface area (Å²) in [5, 5.41) is 80.2. The Morgan fingerprint density at radius 1 is 0.568 bits per heavy atom. The van der Waals surface area contributed by atoms with Crippen molar-refractivity contribution in [1.29, 1.82) is 10.8 Å². The van der Waals surface area contributed by atoms with Crippen molar-refractivity contribution in [3.8, 4) is 5.75 Å². The van der Waals surface area contributed by atoms with Gasteiger partial charge in [-0.3, -0.25) is 58.8 Å². The lowest BCUT2D eigenvalue weighted by atomic mass is 10.0. The number of carboxylic acids is 1. The van der Waals surface area contributed by atoms with E-state index in [1.165, 1.54) is 36.0 Å². The van der Waals surface area contributed by atoms with Gasteiger partial charge in [0.15, 0.2) is 11.9 Å². The number of thioether (sulfide) groups is 1. The summed E-state index contributed by atoms with van der Waals surface area (Å²) in [6, 6.07) is -6.75. The molecule has 1 aromatic rings. The number of hydrogen-bond donors (Lipinski definition) is 20. The lowest BCUT2D eigenvalue weighted by molar-refractivity contribution is -0.142. The Bertz CT molecular complexity index is 2260. The number of aliphatic carboxylic acids is 1. The predicted molar refractivity (Wildman–Crippen MR) is 300 cm³/mol. The molecule has 0 unspecified atom stereocenters. The third-order valence-electron chi connectivity index (χ3n) is 12.3. The van der Waals surface area contributed by atoms with Crippen LogP contribution in [0.25, 0.3) is 0 Å². The molecule has 0 radical (unpaired) electrons. The van der Waals surface area contributed by atoms with Crippen LogP contribution in [0, 0.1) is 22.7 Å². The summed E-state index contributed by atoms with van der Waals surface area (Å²) in [6.45, 7) is 6.00. The maximum atomic E-state index is 14.4. The van der Waals surface area contributed by atoms with Crippen LogP contribution in [0.2, 0.25) is 0 Å². The van der Waals surface area contributed by atoms with E-state index in [2.05, 4.69) is 53.2 Å². The Balaban J connectivity index is 3.54. The Labute approximate surface area is 475 Å². The smallest absolute Gasteiger partial charge is 0.305 e. The molecule has 10 atom stereocenters. The van der Waals surface area contributed by atoms with Crippen LogP contribution in [-0.4, -0.2) is 184 Å². The molecule has 30 nitrogen and oxygen atoms in total. The fraction of sp³-hybridized carbons (Fsp3) is 0.640. The molecule has 0 fully saturated rings. The van der Waals surface area contributed by atoms with Gasteiger partial charge in [-0.2, -0.15) is 11.8 Å². The summed E-state index contributed by atoms with van der Waals surface area (Å²) in [5.41, 5.74) is 22.4. The number of unbranched alkanes of at least 4 members (excludes halogenated alkanes) is 1. The number of carbonyl (C=O) groups excluding carboxylic acids is 9. The number of primary amides is 1. The first kappa shape index (κ1) is 71.5. The van der Waals surface area contributed by atoms with Gasteiger partial charge >= 0.3 is 5.97 Å². The molecule has 1 rings (SSSR count). The molecule has 0 saturated carbocycles. The van der Waals surface area contributed by atoms with Gasteiger partial charge in [-0.15, -0.1) is 0 Å². The zero-order valence-electron chi connectivity index (χ0n) is 46.6. The molecule has 0 heterocycles. The number of aromatic hydroxyl groups is 1. The average Bonchev–Trinajstić information content (AvgIpc) is 3.39. The van der Waals surface area contributed by atoms with E-state index < -0.39 is 133 Å². The standard InChI is InChI=1S/C50H86N16O14S/c1-26(2)22-34(40(52)72)62-42(74)32(12-9-20-58-50(55)56)60-45(77)35(23-29-13-15-30(69)16-14-29)63-43(75)31(11-6-7-18-51)59-46(78)36(24-38(70)71)64-48(80)39(28(4)68)66-44(76)33(17-21-81-5)61-47(79)37(25-67)65-41(73)27(3)10-8-19-57-49(53)54/h13-16,26-28,31-37,39,67-69H,6-12,17-25,51H2,1-5H3,(H2,52,72)(H,59,78)(H,60,77)(H,61,79)(H,62,74)(H,63,75)(H,64,80)(H,65,73)(H,66,76)(H,70,71)(H4,53,54,57)(H4,55,56,58)/t27-,28+,31-,32-,33-,34-,35-,36-,37-,39-/m0/s1. The fourth-order valence-electron chi connectivity index (χ4n) is 7.80. The van der Waals surface area contributed by atoms with Crippen molar-refractivity contribution in [1.82, 2.24) is 53.2 Å². The maximum absolute atomic E-state index is 14.4. The van der Waals surface area contributed by atoms with E-state index in [1.54, 1.807) is 27.0 Å². The minimum atomic E-state index is -1.97. The molecular weight excluding hydrogens is 1080 g/mol. The molecule has 456 valence electrons. The van der Waals surface area contributed by atoms with Gasteiger partial charge in [-0.25, -0.2) is 0 Å². The van der Waals surface area contributed by atoms with Crippen LogP contribution < -0.4 is 76.1 Å². The third-order valence-corrected chi connectivity index (χ3v) is 12.9. The van der Waals surface area contributed by atoms with Gasteiger partial charge in [0.2, 0.25) is 53.2 Å².